The van der Waals surface area contributed by atoms with Crippen LogP contribution in [0.4, 0.5) is 4.79 Å². The molecular weight excluding hydrogens is 344 g/mol. The first kappa shape index (κ1) is 19.7. The van der Waals surface area contributed by atoms with E-state index in [1.165, 1.54) is 13.8 Å². The van der Waals surface area contributed by atoms with Gasteiger partial charge < -0.3 is 19.9 Å². The number of ether oxygens (including phenoxy) is 1. The van der Waals surface area contributed by atoms with Crippen molar-refractivity contribution in [1.29, 1.82) is 0 Å². The summed E-state index contributed by atoms with van der Waals surface area (Å²) in [5.41, 5.74) is 0. The topological polar surface area (TPSA) is 116 Å². The van der Waals surface area contributed by atoms with Gasteiger partial charge in [-0.2, -0.15) is 0 Å². The number of carbonyl (C=O) groups is 5. The van der Waals surface area contributed by atoms with Crippen LogP contribution in [0.2, 0.25) is 0 Å². The summed E-state index contributed by atoms with van der Waals surface area (Å²) in [4.78, 5) is 63.0. The number of hydrogen-bond acceptors (Lipinski definition) is 6. The first-order valence-electron chi connectivity index (χ1n) is 8.61. The molecule has 0 aromatic carbocycles. The summed E-state index contributed by atoms with van der Waals surface area (Å²) >= 11 is 0. The van der Waals surface area contributed by atoms with Crippen LogP contribution in [-0.2, 0) is 23.9 Å². The molecule has 0 saturated carbocycles. The molecule has 1 N–H and O–H groups in total. The molecule has 1 atom stereocenters. The van der Waals surface area contributed by atoms with Gasteiger partial charge in [0.2, 0.25) is 11.8 Å². The molecule has 2 aliphatic rings. The highest BCUT2D eigenvalue weighted by Gasteiger charge is 2.31. The Morgan fingerprint density at radius 1 is 1.04 bits per heavy atom. The number of nitrogens with one attached hydrogen (secondary N) is 1. The smallest absolute Gasteiger partial charge is 0.324 e. The second-order valence-electron chi connectivity index (χ2n) is 6.24. The lowest BCUT2D eigenvalue weighted by Crippen LogP contribution is -2.50. The number of imide groups is 1. The lowest BCUT2D eigenvalue weighted by molar-refractivity contribution is -0.158. The first-order chi connectivity index (χ1) is 12.3. The SMILES string of the molecule is CC(=O)N1CCN(C(=O)CCC(=O)O[C@@H](C)C(=O)N2CCNC2=O)CC1. The van der Waals surface area contributed by atoms with Crippen LogP contribution >= 0.6 is 0 Å². The van der Waals surface area contributed by atoms with Crippen molar-refractivity contribution in [1.82, 2.24) is 20.0 Å². The number of piperazine rings is 1. The summed E-state index contributed by atoms with van der Waals surface area (Å²) in [6.45, 7) is 5.33. The molecule has 0 spiro atoms. The predicted octanol–water partition coefficient (Wildman–Crippen LogP) is -1.06. The van der Waals surface area contributed by atoms with Crippen molar-refractivity contribution in [3.63, 3.8) is 0 Å². The Labute approximate surface area is 151 Å². The van der Waals surface area contributed by atoms with Crippen LogP contribution in [0, 0.1) is 0 Å². The van der Waals surface area contributed by atoms with Crippen molar-refractivity contribution < 1.29 is 28.7 Å². The van der Waals surface area contributed by atoms with Gasteiger partial charge in [0.1, 0.15) is 0 Å². The maximum atomic E-state index is 12.1. The standard InChI is InChI=1S/C16H24N4O6/c1-11(15(24)20-6-5-17-16(20)25)26-14(23)4-3-13(22)19-9-7-18(8-10-19)12(2)21/h11H,3-10H2,1-2H3,(H,17,25)/t11-/m0/s1. The van der Waals surface area contributed by atoms with Crippen LogP contribution < -0.4 is 5.32 Å². The van der Waals surface area contributed by atoms with E-state index < -0.39 is 24.0 Å². The number of esters is 1. The van der Waals surface area contributed by atoms with Gasteiger partial charge in [0, 0.05) is 52.6 Å². The number of nitrogens with zero attached hydrogens (tertiary/aromatic N) is 3. The predicted molar refractivity (Wildman–Crippen MR) is 88.7 cm³/mol. The van der Waals surface area contributed by atoms with Gasteiger partial charge in [-0.15, -0.1) is 0 Å². The average molecular weight is 368 g/mol. The second-order valence-corrected chi connectivity index (χ2v) is 6.24. The van der Waals surface area contributed by atoms with Crippen LogP contribution in [-0.4, -0.2) is 89.8 Å². The number of amides is 5. The molecule has 26 heavy (non-hydrogen) atoms. The summed E-state index contributed by atoms with van der Waals surface area (Å²) in [6, 6.07) is -0.502. The zero-order valence-corrected chi connectivity index (χ0v) is 15.0. The van der Waals surface area contributed by atoms with Crippen LogP contribution in [0.3, 0.4) is 0 Å². The molecule has 2 heterocycles. The van der Waals surface area contributed by atoms with E-state index in [4.69, 9.17) is 4.74 Å². The van der Waals surface area contributed by atoms with Gasteiger partial charge in [-0.25, -0.2) is 4.79 Å². The fraction of sp³-hybridized carbons (Fsp3) is 0.688. The summed E-state index contributed by atoms with van der Waals surface area (Å²) in [6.07, 6.45) is -1.25. The van der Waals surface area contributed by atoms with Gasteiger partial charge in [-0.05, 0) is 6.92 Å². The third-order valence-electron chi connectivity index (χ3n) is 4.40. The van der Waals surface area contributed by atoms with Crippen molar-refractivity contribution in [3.8, 4) is 0 Å². The van der Waals surface area contributed by atoms with Crippen LogP contribution in [0.1, 0.15) is 26.7 Å². The Kier molecular flexibility index (Phi) is 6.53. The number of urea groups is 1. The third kappa shape index (κ3) is 4.93. The summed E-state index contributed by atoms with van der Waals surface area (Å²) < 4.78 is 5.03. The molecule has 0 unspecified atom stereocenters. The molecule has 0 aromatic rings. The lowest BCUT2D eigenvalue weighted by atomic mass is 10.2. The number of rotatable bonds is 5. The number of hydrogen-bond donors (Lipinski definition) is 1. The fourth-order valence-corrected chi connectivity index (χ4v) is 2.85. The maximum Gasteiger partial charge on any atom is 0.324 e. The highest BCUT2D eigenvalue weighted by molar-refractivity contribution is 5.98. The molecule has 2 saturated heterocycles. The zero-order chi connectivity index (χ0) is 19.3. The summed E-state index contributed by atoms with van der Waals surface area (Å²) in [7, 11) is 0. The van der Waals surface area contributed by atoms with Crippen LogP contribution in [0.15, 0.2) is 0 Å². The molecule has 10 nitrogen and oxygen atoms in total. The Bertz CT molecular complexity index is 600. The van der Waals surface area contributed by atoms with Crippen LogP contribution in [0.5, 0.6) is 0 Å². The van der Waals surface area contributed by atoms with Gasteiger partial charge in [0.25, 0.3) is 5.91 Å². The van der Waals surface area contributed by atoms with E-state index in [0.717, 1.165) is 4.90 Å². The fourth-order valence-electron chi connectivity index (χ4n) is 2.85. The first-order valence-corrected chi connectivity index (χ1v) is 8.61. The monoisotopic (exact) mass is 368 g/mol. The quantitative estimate of drug-likeness (QED) is 0.619. The highest BCUT2D eigenvalue weighted by Crippen LogP contribution is 2.08. The average Bonchev–Trinajstić information content (AvgIpc) is 3.04. The molecule has 2 fully saturated rings. The molecule has 0 aliphatic carbocycles. The van der Waals surface area contributed by atoms with E-state index in [9.17, 15) is 24.0 Å². The van der Waals surface area contributed by atoms with Crippen LogP contribution in [0.25, 0.3) is 0 Å². The third-order valence-corrected chi connectivity index (χ3v) is 4.40. The minimum atomic E-state index is -1.08. The van der Waals surface area contributed by atoms with Crippen molar-refractivity contribution in [3.05, 3.63) is 0 Å². The van der Waals surface area contributed by atoms with E-state index >= 15 is 0 Å². The largest absolute Gasteiger partial charge is 0.453 e. The lowest BCUT2D eigenvalue weighted by Gasteiger charge is -2.34. The minimum absolute atomic E-state index is 0.0222. The Morgan fingerprint density at radius 3 is 2.19 bits per heavy atom. The molecule has 0 bridgehead atoms. The van der Waals surface area contributed by atoms with Gasteiger partial charge in [0.05, 0.1) is 6.42 Å². The van der Waals surface area contributed by atoms with Gasteiger partial charge in [0.15, 0.2) is 6.10 Å². The summed E-state index contributed by atoms with van der Waals surface area (Å²) in [5.74, 6) is -1.46. The highest BCUT2D eigenvalue weighted by atomic mass is 16.5. The van der Waals surface area contributed by atoms with E-state index in [2.05, 4.69) is 5.32 Å². The summed E-state index contributed by atoms with van der Waals surface area (Å²) in [5, 5.41) is 2.50. The molecule has 0 radical (unpaired) electrons. The van der Waals surface area contributed by atoms with Crippen molar-refractivity contribution in [2.24, 2.45) is 0 Å². The minimum Gasteiger partial charge on any atom is -0.453 e. The zero-order valence-electron chi connectivity index (χ0n) is 15.0. The molecule has 5 amide bonds. The van der Waals surface area contributed by atoms with E-state index in [1.807, 2.05) is 0 Å². The number of carbonyl (C=O) groups excluding carboxylic acids is 5. The normalized spacial score (nSPS) is 18.4. The molecular formula is C16H24N4O6. The molecule has 2 rings (SSSR count). The Morgan fingerprint density at radius 2 is 1.65 bits per heavy atom. The van der Waals surface area contributed by atoms with E-state index in [1.54, 1.807) is 9.80 Å². The second kappa shape index (κ2) is 8.63. The van der Waals surface area contributed by atoms with Gasteiger partial charge >= 0.3 is 12.0 Å². The van der Waals surface area contributed by atoms with E-state index in [0.29, 0.717) is 32.7 Å². The maximum absolute atomic E-state index is 12.1. The molecule has 10 heteroatoms. The van der Waals surface area contributed by atoms with Crippen molar-refractivity contribution in [2.75, 3.05) is 39.3 Å². The van der Waals surface area contributed by atoms with Crippen molar-refractivity contribution >= 4 is 29.7 Å². The Balaban J connectivity index is 1.71. The molecule has 144 valence electrons. The van der Waals surface area contributed by atoms with Gasteiger partial charge in [-0.1, -0.05) is 0 Å². The van der Waals surface area contributed by atoms with E-state index in [-0.39, 0.29) is 31.2 Å². The van der Waals surface area contributed by atoms with Crippen molar-refractivity contribution in [2.45, 2.75) is 32.8 Å². The molecule has 0 aromatic heterocycles. The molecule has 2 aliphatic heterocycles. The van der Waals surface area contributed by atoms with Gasteiger partial charge in [-0.3, -0.25) is 24.1 Å². The Hall–Kier alpha value is -2.65.